The van der Waals surface area contributed by atoms with Crippen molar-refractivity contribution in [1.82, 2.24) is 20.0 Å². The van der Waals surface area contributed by atoms with Crippen LogP contribution in [-0.4, -0.2) is 39.7 Å². The molecule has 0 saturated carbocycles. The van der Waals surface area contributed by atoms with Gasteiger partial charge in [-0.1, -0.05) is 42.5 Å². The van der Waals surface area contributed by atoms with E-state index in [4.69, 9.17) is 0 Å². The SMILES string of the molecule is Cn1cc(C(=O)N[C@@H]2CN(Cc3ccccc3)C[C@H]2c2cccc(F)c2)cn1. The molecule has 1 N–H and O–H groups in total. The smallest absolute Gasteiger partial charge is 0.254 e. The first kappa shape index (κ1) is 18.4. The van der Waals surface area contributed by atoms with Gasteiger partial charge in [0.25, 0.3) is 5.91 Å². The van der Waals surface area contributed by atoms with Gasteiger partial charge < -0.3 is 5.32 Å². The topological polar surface area (TPSA) is 50.2 Å². The zero-order valence-electron chi connectivity index (χ0n) is 15.8. The highest BCUT2D eigenvalue weighted by molar-refractivity contribution is 5.94. The van der Waals surface area contributed by atoms with Gasteiger partial charge in [-0.25, -0.2) is 4.39 Å². The van der Waals surface area contributed by atoms with Crippen molar-refractivity contribution in [3.63, 3.8) is 0 Å². The van der Waals surface area contributed by atoms with E-state index in [-0.39, 0.29) is 23.7 Å². The number of rotatable bonds is 5. The van der Waals surface area contributed by atoms with Crippen LogP contribution in [0.15, 0.2) is 67.0 Å². The normalized spacial score (nSPS) is 19.6. The molecule has 0 spiro atoms. The van der Waals surface area contributed by atoms with Crippen molar-refractivity contribution >= 4 is 5.91 Å². The van der Waals surface area contributed by atoms with Crippen molar-refractivity contribution in [2.45, 2.75) is 18.5 Å². The third kappa shape index (κ3) is 4.12. The van der Waals surface area contributed by atoms with Crippen LogP contribution in [0.25, 0.3) is 0 Å². The summed E-state index contributed by atoms with van der Waals surface area (Å²) in [5.41, 5.74) is 2.66. The summed E-state index contributed by atoms with van der Waals surface area (Å²) >= 11 is 0. The van der Waals surface area contributed by atoms with E-state index >= 15 is 0 Å². The Bertz CT molecular complexity index is 956. The molecule has 0 aliphatic carbocycles. The van der Waals surface area contributed by atoms with E-state index in [0.717, 1.165) is 18.7 Å². The van der Waals surface area contributed by atoms with Crippen molar-refractivity contribution in [3.05, 3.63) is 89.5 Å². The summed E-state index contributed by atoms with van der Waals surface area (Å²) in [5, 5.41) is 7.20. The fraction of sp³-hybridized carbons (Fsp3) is 0.273. The summed E-state index contributed by atoms with van der Waals surface area (Å²) in [6, 6.07) is 16.8. The molecule has 2 heterocycles. The molecule has 4 rings (SSSR count). The largest absolute Gasteiger partial charge is 0.347 e. The highest BCUT2D eigenvalue weighted by atomic mass is 19.1. The zero-order chi connectivity index (χ0) is 19.5. The van der Waals surface area contributed by atoms with Crippen LogP contribution in [0.2, 0.25) is 0 Å². The predicted octanol–water partition coefficient (Wildman–Crippen LogP) is 2.96. The molecule has 0 unspecified atom stereocenters. The second kappa shape index (κ2) is 7.94. The Morgan fingerprint density at radius 3 is 2.71 bits per heavy atom. The molecule has 6 heteroatoms. The van der Waals surface area contributed by atoms with E-state index in [1.807, 2.05) is 24.3 Å². The minimum Gasteiger partial charge on any atom is -0.347 e. The first-order chi connectivity index (χ1) is 13.6. The number of halogens is 1. The van der Waals surface area contributed by atoms with Crippen LogP contribution >= 0.6 is 0 Å². The summed E-state index contributed by atoms with van der Waals surface area (Å²) in [6.07, 6.45) is 3.26. The molecule has 1 aliphatic rings. The van der Waals surface area contributed by atoms with Gasteiger partial charge in [0.05, 0.1) is 11.8 Å². The van der Waals surface area contributed by atoms with E-state index in [0.29, 0.717) is 12.1 Å². The number of nitrogens with zero attached hydrogens (tertiary/aromatic N) is 3. The third-order valence-corrected chi connectivity index (χ3v) is 5.20. The molecule has 1 fully saturated rings. The highest BCUT2D eigenvalue weighted by Crippen LogP contribution is 2.29. The lowest BCUT2D eigenvalue weighted by Crippen LogP contribution is -2.39. The maximum absolute atomic E-state index is 13.8. The molecule has 1 saturated heterocycles. The Hall–Kier alpha value is -2.99. The fourth-order valence-corrected chi connectivity index (χ4v) is 3.87. The summed E-state index contributed by atoms with van der Waals surface area (Å²) in [4.78, 5) is 15.0. The summed E-state index contributed by atoms with van der Waals surface area (Å²) in [5.74, 6) is -0.377. The van der Waals surface area contributed by atoms with E-state index in [1.54, 1.807) is 36.3 Å². The molecule has 1 aliphatic heterocycles. The molecule has 28 heavy (non-hydrogen) atoms. The number of hydrogen-bond donors (Lipinski definition) is 1. The van der Waals surface area contributed by atoms with Crippen LogP contribution in [0.5, 0.6) is 0 Å². The van der Waals surface area contributed by atoms with Gasteiger partial charge in [0, 0.05) is 44.8 Å². The van der Waals surface area contributed by atoms with Crippen molar-refractivity contribution in [2.75, 3.05) is 13.1 Å². The van der Waals surface area contributed by atoms with Gasteiger partial charge in [-0.15, -0.1) is 0 Å². The highest BCUT2D eigenvalue weighted by Gasteiger charge is 2.35. The Morgan fingerprint density at radius 2 is 2.00 bits per heavy atom. The van der Waals surface area contributed by atoms with Gasteiger partial charge in [-0.2, -0.15) is 5.10 Å². The summed E-state index contributed by atoms with van der Waals surface area (Å²) in [6.45, 7) is 2.27. The standard InChI is InChI=1S/C22H23FN4O/c1-26-13-18(11-24-26)22(28)25-21-15-27(12-16-6-3-2-4-7-16)14-20(21)17-8-5-9-19(23)10-17/h2-11,13,20-21H,12,14-15H2,1H3,(H,25,28)/t20-,21+/m0/s1. The van der Waals surface area contributed by atoms with Gasteiger partial charge in [-0.05, 0) is 23.3 Å². The van der Waals surface area contributed by atoms with Crippen LogP contribution in [0, 0.1) is 5.82 Å². The van der Waals surface area contributed by atoms with Crippen LogP contribution in [0.1, 0.15) is 27.4 Å². The Kier molecular flexibility index (Phi) is 5.21. The van der Waals surface area contributed by atoms with Crippen molar-refractivity contribution in [1.29, 1.82) is 0 Å². The number of amides is 1. The quantitative estimate of drug-likeness (QED) is 0.743. The average Bonchev–Trinajstić information content (AvgIpc) is 3.29. The second-order valence-electron chi connectivity index (χ2n) is 7.32. The van der Waals surface area contributed by atoms with Crippen LogP contribution < -0.4 is 5.32 Å². The van der Waals surface area contributed by atoms with Gasteiger partial charge >= 0.3 is 0 Å². The number of benzene rings is 2. The molecule has 1 amide bonds. The van der Waals surface area contributed by atoms with E-state index in [1.165, 1.54) is 11.6 Å². The maximum atomic E-state index is 13.8. The number of hydrogen-bond acceptors (Lipinski definition) is 3. The molecule has 1 aromatic heterocycles. The van der Waals surface area contributed by atoms with E-state index in [9.17, 15) is 9.18 Å². The van der Waals surface area contributed by atoms with Crippen molar-refractivity contribution in [2.24, 2.45) is 7.05 Å². The molecule has 2 atom stereocenters. The van der Waals surface area contributed by atoms with Crippen molar-refractivity contribution in [3.8, 4) is 0 Å². The maximum Gasteiger partial charge on any atom is 0.254 e. The summed E-state index contributed by atoms with van der Waals surface area (Å²) in [7, 11) is 1.78. The molecule has 0 radical (unpaired) electrons. The number of aryl methyl sites for hydroxylation is 1. The minimum absolute atomic E-state index is 0.0278. The molecule has 144 valence electrons. The lowest BCUT2D eigenvalue weighted by Gasteiger charge is -2.20. The third-order valence-electron chi connectivity index (χ3n) is 5.20. The van der Waals surface area contributed by atoms with Crippen molar-refractivity contribution < 1.29 is 9.18 Å². The van der Waals surface area contributed by atoms with E-state index < -0.39 is 0 Å². The number of carbonyl (C=O) groups excluding carboxylic acids is 1. The monoisotopic (exact) mass is 378 g/mol. The van der Waals surface area contributed by atoms with Gasteiger partial charge in [0.15, 0.2) is 0 Å². The lowest BCUT2D eigenvalue weighted by atomic mass is 9.94. The second-order valence-corrected chi connectivity index (χ2v) is 7.32. The van der Waals surface area contributed by atoms with Gasteiger partial charge in [0.2, 0.25) is 0 Å². The number of nitrogens with one attached hydrogen (secondary N) is 1. The summed E-state index contributed by atoms with van der Waals surface area (Å²) < 4.78 is 15.4. The first-order valence-corrected chi connectivity index (χ1v) is 9.40. The fourth-order valence-electron chi connectivity index (χ4n) is 3.87. The molecule has 0 bridgehead atoms. The average molecular weight is 378 g/mol. The van der Waals surface area contributed by atoms with Crippen LogP contribution in [-0.2, 0) is 13.6 Å². The number of aromatic nitrogens is 2. The first-order valence-electron chi connectivity index (χ1n) is 9.40. The minimum atomic E-state index is -0.253. The number of carbonyl (C=O) groups is 1. The molecular formula is C22H23FN4O. The molecule has 5 nitrogen and oxygen atoms in total. The Labute approximate surface area is 163 Å². The predicted molar refractivity (Wildman–Crippen MR) is 105 cm³/mol. The Balaban J connectivity index is 1.54. The number of likely N-dealkylation sites (tertiary alicyclic amines) is 1. The van der Waals surface area contributed by atoms with E-state index in [2.05, 4.69) is 27.4 Å². The van der Waals surface area contributed by atoms with Crippen LogP contribution in [0.3, 0.4) is 0 Å². The van der Waals surface area contributed by atoms with Gasteiger partial charge in [-0.3, -0.25) is 14.4 Å². The lowest BCUT2D eigenvalue weighted by molar-refractivity contribution is 0.0935. The zero-order valence-corrected chi connectivity index (χ0v) is 15.8. The molecule has 2 aromatic carbocycles. The molecular weight excluding hydrogens is 355 g/mol. The van der Waals surface area contributed by atoms with Crippen LogP contribution in [0.4, 0.5) is 4.39 Å². The van der Waals surface area contributed by atoms with Gasteiger partial charge in [0.1, 0.15) is 5.82 Å². The Morgan fingerprint density at radius 1 is 1.18 bits per heavy atom. The molecule has 3 aromatic rings.